The van der Waals surface area contributed by atoms with Crippen molar-refractivity contribution in [3.8, 4) is 17.2 Å². The largest absolute Gasteiger partial charge is 1.20 e. The molecule has 0 radical (unpaired) electrons. The van der Waals surface area contributed by atoms with Crippen molar-refractivity contribution in [1.82, 2.24) is 0 Å². The molecule has 0 aliphatic rings. The molecule has 0 fully saturated rings. The van der Waals surface area contributed by atoms with E-state index in [1.165, 1.54) is 0 Å². The third kappa shape index (κ3) is 4.65. The minimum absolute atomic E-state index is 0.293. The maximum absolute atomic E-state index is 11.3. The SMILES string of the molecule is O=Cc1ccccc1[O][Al]([O]c1ccccc1C=O)[O]c1ccccc1C=O. The van der Waals surface area contributed by atoms with Gasteiger partial charge < -0.3 is 11.4 Å². The van der Waals surface area contributed by atoms with E-state index in [0.717, 1.165) is 0 Å². The first-order valence-corrected chi connectivity index (χ1v) is 9.79. The van der Waals surface area contributed by atoms with E-state index in [-0.39, 0.29) is 0 Å². The van der Waals surface area contributed by atoms with Crippen molar-refractivity contribution < 1.29 is 25.7 Å². The molecule has 3 aromatic rings. The number of hydrogen-bond acceptors (Lipinski definition) is 6. The zero-order valence-electron chi connectivity index (χ0n) is 14.7. The number of hydrogen-bond donors (Lipinski definition) is 0. The van der Waals surface area contributed by atoms with Crippen LogP contribution in [0.4, 0.5) is 0 Å². The summed E-state index contributed by atoms with van der Waals surface area (Å²) in [6, 6.07) is 19.9. The molecule has 28 heavy (non-hydrogen) atoms. The van der Waals surface area contributed by atoms with Crippen LogP contribution in [-0.2, 0) is 0 Å². The Hall–Kier alpha value is -3.40. The Labute approximate surface area is 166 Å². The van der Waals surface area contributed by atoms with Crippen molar-refractivity contribution in [3.63, 3.8) is 0 Å². The third-order valence-electron chi connectivity index (χ3n) is 3.81. The van der Waals surface area contributed by atoms with Crippen LogP contribution in [0.25, 0.3) is 0 Å². The predicted octanol–water partition coefficient (Wildman–Crippen LogP) is 3.65. The Morgan fingerprint density at radius 2 is 0.786 bits per heavy atom. The van der Waals surface area contributed by atoms with Crippen LogP contribution >= 0.6 is 0 Å². The molecular weight excluding hydrogens is 375 g/mol. The van der Waals surface area contributed by atoms with E-state index in [9.17, 15) is 14.4 Å². The Balaban J connectivity index is 1.94. The van der Waals surface area contributed by atoms with Gasteiger partial charge in [-0.1, -0.05) is 36.4 Å². The van der Waals surface area contributed by atoms with Gasteiger partial charge in [-0.3, -0.25) is 14.4 Å². The van der Waals surface area contributed by atoms with Crippen LogP contribution in [-0.4, -0.2) is 34.0 Å². The first-order valence-electron chi connectivity index (χ1n) is 8.37. The Bertz CT molecular complexity index is 861. The smallest absolute Gasteiger partial charge is 0.577 e. The highest BCUT2D eigenvalue weighted by Gasteiger charge is 2.45. The van der Waals surface area contributed by atoms with Gasteiger partial charge in [0, 0.05) is 0 Å². The van der Waals surface area contributed by atoms with Gasteiger partial charge >= 0.3 is 15.1 Å². The first-order chi connectivity index (χ1) is 13.7. The van der Waals surface area contributed by atoms with E-state index in [0.29, 0.717) is 52.8 Å². The summed E-state index contributed by atoms with van der Waals surface area (Å²) in [5, 5.41) is 0. The van der Waals surface area contributed by atoms with E-state index in [2.05, 4.69) is 0 Å². The molecule has 6 nitrogen and oxygen atoms in total. The molecule has 0 bridgehead atoms. The molecule has 3 rings (SSSR count). The molecule has 7 heteroatoms. The highest BCUT2D eigenvalue weighted by atomic mass is 27.3. The number of benzene rings is 3. The normalized spacial score (nSPS) is 9.86. The molecule has 0 N–H and O–H groups in total. The lowest BCUT2D eigenvalue weighted by Crippen LogP contribution is -2.37. The van der Waals surface area contributed by atoms with E-state index < -0.39 is 15.1 Å². The zero-order chi connectivity index (χ0) is 19.8. The van der Waals surface area contributed by atoms with Gasteiger partial charge in [-0.15, -0.1) is 0 Å². The molecule has 0 spiro atoms. The van der Waals surface area contributed by atoms with E-state index in [4.69, 9.17) is 11.4 Å². The molecule has 0 aliphatic carbocycles. The van der Waals surface area contributed by atoms with Crippen molar-refractivity contribution in [2.24, 2.45) is 0 Å². The Morgan fingerprint density at radius 3 is 1.07 bits per heavy atom. The summed E-state index contributed by atoms with van der Waals surface area (Å²) in [7, 11) is 0. The molecule has 0 atom stereocenters. The van der Waals surface area contributed by atoms with Gasteiger partial charge in [-0.2, -0.15) is 0 Å². The monoisotopic (exact) mass is 390 g/mol. The number of aldehydes is 3. The minimum atomic E-state index is -3.02. The van der Waals surface area contributed by atoms with Gasteiger partial charge in [-0.05, 0) is 36.4 Å². The summed E-state index contributed by atoms with van der Waals surface area (Å²) in [5.41, 5.74) is 0.999. The molecule has 3 aromatic carbocycles. The highest BCUT2D eigenvalue weighted by molar-refractivity contribution is 6.40. The summed E-state index contributed by atoms with van der Waals surface area (Å²) in [5.74, 6) is 0.879. The highest BCUT2D eigenvalue weighted by Crippen LogP contribution is 2.23. The van der Waals surface area contributed by atoms with Crippen LogP contribution in [0.2, 0.25) is 0 Å². The fourth-order valence-corrected chi connectivity index (χ4v) is 3.85. The van der Waals surface area contributed by atoms with Crippen LogP contribution in [0, 0.1) is 0 Å². The summed E-state index contributed by atoms with van der Waals surface area (Å²) < 4.78 is 17.6. The fourth-order valence-electron chi connectivity index (χ4n) is 2.44. The molecular formula is C21H15AlO6. The number of para-hydroxylation sites is 3. The first kappa shape index (κ1) is 19.4. The fraction of sp³-hybridized carbons (Fsp3) is 0. The molecule has 0 unspecified atom stereocenters. The standard InChI is InChI=1S/3C7H6O2.Al/c3*8-5-6-3-1-2-4-7(6)9;/h3*1-5,9H;/q;;;+3/p-3. The summed E-state index contributed by atoms with van der Waals surface area (Å²) in [6.45, 7) is 0. The van der Waals surface area contributed by atoms with Crippen molar-refractivity contribution in [1.29, 1.82) is 0 Å². The topological polar surface area (TPSA) is 78.9 Å². The van der Waals surface area contributed by atoms with Gasteiger partial charge in [0.25, 0.3) is 0 Å². The van der Waals surface area contributed by atoms with Crippen LogP contribution < -0.4 is 11.4 Å². The van der Waals surface area contributed by atoms with E-state index >= 15 is 0 Å². The van der Waals surface area contributed by atoms with E-state index in [1.54, 1.807) is 72.8 Å². The zero-order valence-corrected chi connectivity index (χ0v) is 15.8. The Kier molecular flexibility index (Phi) is 6.58. The van der Waals surface area contributed by atoms with Gasteiger partial charge in [-0.25, -0.2) is 0 Å². The van der Waals surface area contributed by atoms with Crippen molar-refractivity contribution in [3.05, 3.63) is 89.5 Å². The molecule has 138 valence electrons. The molecule has 0 saturated carbocycles. The molecule has 0 saturated heterocycles. The Morgan fingerprint density at radius 1 is 0.500 bits per heavy atom. The minimum Gasteiger partial charge on any atom is -0.577 e. The number of rotatable bonds is 9. The summed E-state index contributed by atoms with van der Waals surface area (Å²) in [6.07, 6.45) is 2.00. The molecule has 0 heterocycles. The number of carbonyl (C=O) groups is 3. The van der Waals surface area contributed by atoms with Gasteiger partial charge in [0.1, 0.15) is 0 Å². The second-order valence-corrected chi connectivity index (χ2v) is 6.89. The van der Waals surface area contributed by atoms with Crippen molar-refractivity contribution in [2.45, 2.75) is 0 Å². The average molecular weight is 390 g/mol. The van der Waals surface area contributed by atoms with Crippen LogP contribution in [0.3, 0.4) is 0 Å². The van der Waals surface area contributed by atoms with Crippen LogP contribution in [0.1, 0.15) is 31.1 Å². The second kappa shape index (κ2) is 9.51. The van der Waals surface area contributed by atoms with Gasteiger partial charge in [0.2, 0.25) is 0 Å². The lowest BCUT2D eigenvalue weighted by molar-refractivity contribution is 0.111. The van der Waals surface area contributed by atoms with Crippen molar-refractivity contribution >= 4 is 34.0 Å². The lowest BCUT2D eigenvalue weighted by atomic mass is 10.2. The predicted molar refractivity (Wildman–Crippen MR) is 103 cm³/mol. The quantitative estimate of drug-likeness (QED) is 0.410. The van der Waals surface area contributed by atoms with Crippen LogP contribution in [0.5, 0.6) is 17.2 Å². The maximum Gasteiger partial charge on any atom is 1.20 e. The molecule has 0 amide bonds. The molecule has 0 aliphatic heterocycles. The maximum atomic E-state index is 11.3. The van der Waals surface area contributed by atoms with E-state index in [1.807, 2.05) is 0 Å². The summed E-state index contributed by atoms with van der Waals surface area (Å²) >= 11 is -3.02. The summed E-state index contributed by atoms with van der Waals surface area (Å²) in [4.78, 5) is 33.9. The number of carbonyl (C=O) groups excluding carboxylic acids is 3. The lowest BCUT2D eigenvalue weighted by Gasteiger charge is -2.18. The van der Waals surface area contributed by atoms with Crippen LogP contribution in [0.15, 0.2) is 72.8 Å². The average Bonchev–Trinajstić information content (AvgIpc) is 2.75. The van der Waals surface area contributed by atoms with Gasteiger partial charge in [0.15, 0.2) is 18.9 Å². The third-order valence-corrected chi connectivity index (χ3v) is 5.15. The van der Waals surface area contributed by atoms with Gasteiger partial charge in [0.05, 0.1) is 33.9 Å². The van der Waals surface area contributed by atoms with Crippen molar-refractivity contribution in [2.75, 3.05) is 0 Å². The second-order valence-electron chi connectivity index (χ2n) is 5.61. The molecule has 0 aromatic heterocycles.